The lowest BCUT2D eigenvalue weighted by Gasteiger charge is -2.22. The van der Waals surface area contributed by atoms with Gasteiger partial charge in [-0.15, -0.1) is 0 Å². The van der Waals surface area contributed by atoms with Gasteiger partial charge in [-0.3, -0.25) is 9.69 Å². The molecule has 1 atom stereocenters. The van der Waals surface area contributed by atoms with E-state index in [-0.39, 0.29) is 12.6 Å². The van der Waals surface area contributed by atoms with E-state index in [1.54, 1.807) is 12.1 Å². The van der Waals surface area contributed by atoms with Gasteiger partial charge in [-0.25, -0.2) is 0 Å². The van der Waals surface area contributed by atoms with E-state index in [2.05, 4.69) is 6.07 Å². The largest absolute Gasteiger partial charge is 0.489 e. The highest BCUT2D eigenvalue weighted by atomic mass is 16.5. The summed E-state index contributed by atoms with van der Waals surface area (Å²) in [6.45, 7) is 2.49. The van der Waals surface area contributed by atoms with Crippen molar-refractivity contribution in [1.82, 2.24) is 4.90 Å². The molecule has 0 amide bonds. The summed E-state index contributed by atoms with van der Waals surface area (Å²) in [7, 11) is 1.81. The van der Waals surface area contributed by atoms with Gasteiger partial charge in [0.15, 0.2) is 0 Å². The molecule has 0 aromatic heterocycles. The molecule has 0 aliphatic rings. The second-order valence-corrected chi connectivity index (χ2v) is 6.10. The number of carboxylic acids is 1. The van der Waals surface area contributed by atoms with Gasteiger partial charge in [0.05, 0.1) is 18.2 Å². The van der Waals surface area contributed by atoms with Crippen molar-refractivity contribution in [2.45, 2.75) is 26.0 Å². The number of nitriles is 1. The van der Waals surface area contributed by atoms with Crippen LogP contribution in [0.1, 0.15) is 23.6 Å². The lowest BCUT2D eigenvalue weighted by atomic mass is 10.1. The number of carboxylic acid groups (broad SMARTS) is 1. The Morgan fingerprint density at radius 2 is 1.76 bits per heavy atom. The molecule has 0 saturated heterocycles. The zero-order valence-corrected chi connectivity index (χ0v) is 14.5. The van der Waals surface area contributed by atoms with Crippen LogP contribution in [0.15, 0.2) is 48.5 Å². The van der Waals surface area contributed by atoms with Crippen LogP contribution in [0.3, 0.4) is 0 Å². The van der Waals surface area contributed by atoms with Gasteiger partial charge in [0.1, 0.15) is 12.4 Å². The number of carbonyl (C=O) groups is 1. The van der Waals surface area contributed by atoms with Gasteiger partial charge >= 0.3 is 5.97 Å². The van der Waals surface area contributed by atoms with Gasteiger partial charge in [-0.05, 0) is 55.8 Å². The predicted octanol–water partition coefficient (Wildman–Crippen LogP) is 3.08. The van der Waals surface area contributed by atoms with Crippen molar-refractivity contribution in [2.75, 3.05) is 13.6 Å². The van der Waals surface area contributed by atoms with E-state index < -0.39 is 5.97 Å². The molecule has 130 valence electrons. The first-order valence-corrected chi connectivity index (χ1v) is 8.10. The summed E-state index contributed by atoms with van der Waals surface area (Å²) in [5.74, 6) is -0.0412. The first-order valence-electron chi connectivity index (χ1n) is 8.10. The molecular formula is C20H22N2O3. The van der Waals surface area contributed by atoms with Crippen molar-refractivity contribution in [3.63, 3.8) is 0 Å². The van der Waals surface area contributed by atoms with Gasteiger partial charge in [-0.2, -0.15) is 5.26 Å². The molecule has 0 fully saturated rings. The molecule has 0 radical (unpaired) electrons. The standard InChI is InChI=1S/C20H22N2O3/c1-15(22(2)13-20(23)24)11-16-7-9-19(10-8-16)25-14-18-5-3-17(12-21)4-6-18/h3-10,15H,11,13-14H2,1-2H3,(H,23,24)/t15-/m1/s1. The number of ether oxygens (including phenoxy) is 1. The number of rotatable bonds is 8. The molecule has 0 bridgehead atoms. The average Bonchev–Trinajstić information content (AvgIpc) is 2.61. The number of benzene rings is 2. The maximum absolute atomic E-state index is 10.8. The molecule has 0 unspecified atom stereocenters. The van der Waals surface area contributed by atoms with E-state index in [4.69, 9.17) is 15.1 Å². The monoisotopic (exact) mass is 338 g/mol. The fourth-order valence-electron chi connectivity index (χ4n) is 2.43. The van der Waals surface area contributed by atoms with Crippen molar-refractivity contribution in [3.8, 4) is 11.8 Å². The van der Waals surface area contributed by atoms with Crippen molar-refractivity contribution >= 4 is 5.97 Å². The lowest BCUT2D eigenvalue weighted by molar-refractivity contribution is -0.138. The topological polar surface area (TPSA) is 73.6 Å². The molecule has 1 N–H and O–H groups in total. The summed E-state index contributed by atoms with van der Waals surface area (Å²) in [6.07, 6.45) is 0.777. The minimum Gasteiger partial charge on any atom is -0.489 e. The normalized spacial score (nSPS) is 11.8. The van der Waals surface area contributed by atoms with Gasteiger partial charge in [0.2, 0.25) is 0 Å². The quantitative estimate of drug-likeness (QED) is 0.801. The van der Waals surface area contributed by atoms with Gasteiger partial charge in [0, 0.05) is 6.04 Å². The molecule has 0 aliphatic heterocycles. The van der Waals surface area contributed by atoms with Crippen LogP contribution in [0.5, 0.6) is 5.75 Å². The molecule has 0 aliphatic carbocycles. The van der Waals surface area contributed by atoms with E-state index in [1.807, 2.05) is 55.3 Å². The van der Waals surface area contributed by atoms with Crippen LogP contribution in [-0.4, -0.2) is 35.6 Å². The zero-order chi connectivity index (χ0) is 18.2. The molecule has 0 saturated carbocycles. The predicted molar refractivity (Wildman–Crippen MR) is 95.4 cm³/mol. The van der Waals surface area contributed by atoms with Crippen molar-refractivity contribution < 1.29 is 14.6 Å². The van der Waals surface area contributed by atoms with E-state index in [9.17, 15) is 4.79 Å². The van der Waals surface area contributed by atoms with Crippen LogP contribution >= 0.6 is 0 Å². The van der Waals surface area contributed by atoms with Crippen LogP contribution in [0.25, 0.3) is 0 Å². The van der Waals surface area contributed by atoms with E-state index in [0.29, 0.717) is 12.2 Å². The van der Waals surface area contributed by atoms with E-state index in [1.165, 1.54) is 0 Å². The first-order chi connectivity index (χ1) is 12.0. The Kier molecular flexibility index (Phi) is 6.55. The van der Waals surface area contributed by atoms with E-state index in [0.717, 1.165) is 23.3 Å². The molecule has 2 aromatic rings. The Labute approximate surface area is 148 Å². The Bertz CT molecular complexity index is 733. The first kappa shape index (κ1) is 18.5. The molecule has 2 aromatic carbocycles. The second kappa shape index (κ2) is 8.86. The Morgan fingerprint density at radius 3 is 2.32 bits per heavy atom. The van der Waals surface area contributed by atoms with Crippen LogP contribution in [-0.2, 0) is 17.8 Å². The van der Waals surface area contributed by atoms with Crippen molar-refractivity contribution in [2.24, 2.45) is 0 Å². The van der Waals surface area contributed by atoms with Crippen molar-refractivity contribution in [3.05, 3.63) is 65.2 Å². The third-order valence-electron chi connectivity index (χ3n) is 4.08. The summed E-state index contributed by atoms with van der Waals surface area (Å²) >= 11 is 0. The maximum atomic E-state index is 10.8. The average molecular weight is 338 g/mol. The van der Waals surface area contributed by atoms with Crippen molar-refractivity contribution in [1.29, 1.82) is 5.26 Å². The summed E-state index contributed by atoms with van der Waals surface area (Å²) < 4.78 is 5.75. The minimum absolute atomic E-state index is 0.0347. The number of nitrogens with zero attached hydrogens (tertiary/aromatic N) is 2. The maximum Gasteiger partial charge on any atom is 0.317 e. The van der Waals surface area contributed by atoms with Gasteiger partial charge in [0.25, 0.3) is 0 Å². The van der Waals surface area contributed by atoms with Crippen LogP contribution in [0.4, 0.5) is 0 Å². The third kappa shape index (κ3) is 5.94. The van der Waals surface area contributed by atoms with Gasteiger partial charge < -0.3 is 9.84 Å². The van der Waals surface area contributed by atoms with Crippen LogP contribution < -0.4 is 4.74 Å². The number of hydrogen-bond donors (Lipinski definition) is 1. The number of hydrogen-bond acceptors (Lipinski definition) is 4. The Hall–Kier alpha value is -2.84. The summed E-state index contributed by atoms with van der Waals surface area (Å²) in [5.41, 5.74) is 2.78. The van der Waals surface area contributed by atoms with E-state index >= 15 is 0 Å². The molecule has 5 nitrogen and oxygen atoms in total. The Morgan fingerprint density at radius 1 is 1.16 bits per heavy atom. The third-order valence-corrected chi connectivity index (χ3v) is 4.08. The number of aliphatic carboxylic acids is 1. The second-order valence-electron chi connectivity index (χ2n) is 6.10. The highest BCUT2D eigenvalue weighted by Gasteiger charge is 2.12. The molecule has 25 heavy (non-hydrogen) atoms. The summed E-state index contributed by atoms with van der Waals surface area (Å²) in [4.78, 5) is 12.6. The molecular weight excluding hydrogens is 316 g/mol. The Balaban J connectivity index is 1.86. The minimum atomic E-state index is -0.819. The SMILES string of the molecule is C[C@H](Cc1ccc(OCc2ccc(C#N)cc2)cc1)N(C)CC(=O)O. The highest BCUT2D eigenvalue weighted by molar-refractivity contribution is 5.69. The molecule has 0 spiro atoms. The highest BCUT2D eigenvalue weighted by Crippen LogP contribution is 2.16. The molecule has 0 heterocycles. The molecule has 5 heteroatoms. The fourth-order valence-corrected chi connectivity index (χ4v) is 2.43. The zero-order valence-electron chi connectivity index (χ0n) is 14.5. The number of likely N-dealkylation sites (N-methyl/N-ethyl adjacent to an activating group) is 1. The van der Waals surface area contributed by atoms with Gasteiger partial charge in [-0.1, -0.05) is 24.3 Å². The fraction of sp³-hybridized carbons (Fsp3) is 0.300. The van der Waals surface area contributed by atoms with Crippen LogP contribution in [0, 0.1) is 11.3 Å². The lowest BCUT2D eigenvalue weighted by Crippen LogP contribution is -2.35. The van der Waals surface area contributed by atoms with Crippen LogP contribution in [0.2, 0.25) is 0 Å². The summed E-state index contributed by atoms with van der Waals surface area (Å²) in [5, 5.41) is 17.6. The summed E-state index contributed by atoms with van der Waals surface area (Å²) in [6, 6.07) is 17.4. The smallest absolute Gasteiger partial charge is 0.317 e. The molecule has 2 rings (SSSR count).